The number of ether oxygens (including phenoxy) is 1. The zero-order chi connectivity index (χ0) is 21.4. The van der Waals surface area contributed by atoms with Crippen molar-refractivity contribution in [3.8, 4) is 5.75 Å². The summed E-state index contributed by atoms with van der Waals surface area (Å²) in [6, 6.07) is 6.53. The molecule has 0 aromatic heterocycles. The molecule has 2 aliphatic rings. The fourth-order valence-electron chi connectivity index (χ4n) is 3.93. The van der Waals surface area contributed by atoms with E-state index in [0.29, 0.717) is 38.5 Å². The van der Waals surface area contributed by atoms with Gasteiger partial charge in [0.1, 0.15) is 5.75 Å². The number of nitrogens with zero attached hydrogens (tertiary/aromatic N) is 3. The molecule has 2 aliphatic heterocycles. The number of amides is 1. The lowest BCUT2D eigenvalue weighted by Crippen LogP contribution is -2.47. The van der Waals surface area contributed by atoms with E-state index >= 15 is 0 Å². The van der Waals surface area contributed by atoms with E-state index in [1.165, 1.54) is 4.31 Å². The Morgan fingerprint density at radius 3 is 2.37 bits per heavy atom. The number of sulfonamides is 1. The van der Waals surface area contributed by atoms with Gasteiger partial charge in [-0.25, -0.2) is 8.42 Å². The van der Waals surface area contributed by atoms with E-state index in [1.54, 1.807) is 24.3 Å². The standard InChI is InChI=1S/C21H34N4O4S/c1-2-29-19-5-7-20(8-6-19)30(27,28)25(18-17-23-12-3-4-13-23)14-9-21(26)24-15-10-22-11-16-24/h5-8,22H,2-4,9-18H2,1H3. The Bertz CT molecular complexity index is 773. The van der Waals surface area contributed by atoms with Crippen LogP contribution < -0.4 is 10.1 Å². The van der Waals surface area contributed by atoms with E-state index in [9.17, 15) is 13.2 Å². The highest BCUT2D eigenvalue weighted by molar-refractivity contribution is 7.89. The van der Waals surface area contributed by atoms with Gasteiger partial charge >= 0.3 is 0 Å². The molecule has 0 aliphatic carbocycles. The second-order valence-electron chi connectivity index (χ2n) is 7.74. The Balaban J connectivity index is 1.68. The molecule has 1 aromatic carbocycles. The molecule has 8 nitrogen and oxygen atoms in total. The van der Waals surface area contributed by atoms with Crippen molar-refractivity contribution >= 4 is 15.9 Å². The molecule has 0 atom stereocenters. The van der Waals surface area contributed by atoms with Crippen LogP contribution in [0.5, 0.6) is 5.75 Å². The summed E-state index contributed by atoms with van der Waals surface area (Å²) in [5, 5.41) is 3.23. The number of hydrogen-bond acceptors (Lipinski definition) is 6. The first-order chi connectivity index (χ1) is 14.5. The van der Waals surface area contributed by atoms with E-state index in [4.69, 9.17) is 4.74 Å². The highest BCUT2D eigenvalue weighted by Gasteiger charge is 2.27. The van der Waals surface area contributed by atoms with Crippen molar-refractivity contribution in [2.45, 2.75) is 31.1 Å². The van der Waals surface area contributed by atoms with Crippen molar-refractivity contribution in [1.29, 1.82) is 0 Å². The third kappa shape index (κ3) is 6.16. The zero-order valence-corrected chi connectivity index (χ0v) is 18.7. The second-order valence-corrected chi connectivity index (χ2v) is 9.68. The maximum absolute atomic E-state index is 13.3. The van der Waals surface area contributed by atoms with Crippen molar-refractivity contribution in [3.05, 3.63) is 24.3 Å². The monoisotopic (exact) mass is 438 g/mol. The number of carbonyl (C=O) groups is 1. The topological polar surface area (TPSA) is 82.2 Å². The lowest BCUT2D eigenvalue weighted by atomic mass is 10.3. The average Bonchev–Trinajstić information content (AvgIpc) is 3.28. The molecule has 0 bridgehead atoms. The van der Waals surface area contributed by atoms with Crippen molar-refractivity contribution in [2.75, 3.05) is 65.5 Å². The van der Waals surface area contributed by atoms with Crippen LogP contribution in [0.15, 0.2) is 29.2 Å². The summed E-state index contributed by atoms with van der Waals surface area (Å²) in [5.41, 5.74) is 0. The summed E-state index contributed by atoms with van der Waals surface area (Å²) in [6.07, 6.45) is 2.52. The molecule has 30 heavy (non-hydrogen) atoms. The molecule has 0 saturated carbocycles. The lowest BCUT2D eigenvalue weighted by Gasteiger charge is -2.29. The fourth-order valence-corrected chi connectivity index (χ4v) is 5.36. The maximum Gasteiger partial charge on any atom is 0.243 e. The summed E-state index contributed by atoms with van der Waals surface area (Å²) in [4.78, 5) is 16.9. The van der Waals surface area contributed by atoms with E-state index in [0.717, 1.165) is 39.0 Å². The van der Waals surface area contributed by atoms with E-state index in [2.05, 4.69) is 10.2 Å². The maximum atomic E-state index is 13.3. The minimum absolute atomic E-state index is 0.0181. The highest BCUT2D eigenvalue weighted by atomic mass is 32.2. The molecule has 0 spiro atoms. The first-order valence-corrected chi connectivity index (χ1v) is 12.4. The SMILES string of the molecule is CCOc1ccc(S(=O)(=O)N(CCC(=O)N2CCNCC2)CCN2CCCC2)cc1. The number of nitrogens with one attached hydrogen (secondary N) is 1. The van der Waals surface area contributed by atoms with Crippen molar-refractivity contribution < 1.29 is 17.9 Å². The van der Waals surface area contributed by atoms with Gasteiger partial charge in [0.25, 0.3) is 0 Å². The first-order valence-electron chi connectivity index (χ1n) is 10.9. The third-order valence-corrected chi connectivity index (χ3v) is 7.59. The number of likely N-dealkylation sites (tertiary alicyclic amines) is 1. The predicted molar refractivity (Wildman–Crippen MR) is 116 cm³/mol. The highest BCUT2D eigenvalue weighted by Crippen LogP contribution is 2.20. The summed E-state index contributed by atoms with van der Waals surface area (Å²) < 4.78 is 33.6. The van der Waals surface area contributed by atoms with Crippen LogP contribution in [0.4, 0.5) is 0 Å². The molecule has 2 heterocycles. The lowest BCUT2D eigenvalue weighted by molar-refractivity contribution is -0.131. The van der Waals surface area contributed by atoms with Gasteiger partial charge < -0.3 is 19.9 Å². The van der Waals surface area contributed by atoms with Crippen LogP contribution in [0.25, 0.3) is 0 Å². The number of carbonyl (C=O) groups excluding carboxylic acids is 1. The van der Waals surface area contributed by atoms with Crippen LogP contribution in [0.3, 0.4) is 0 Å². The summed E-state index contributed by atoms with van der Waals surface area (Å²) in [6.45, 7) is 8.66. The minimum Gasteiger partial charge on any atom is -0.494 e. The summed E-state index contributed by atoms with van der Waals surface area (Å²) in [5.74, 6) is 0.665. The Morgan fingerprint density at radius 1 is 1.07 bits per heavy atom. The van der Waals surface area contributed by atoms with E-state index in [-0.39, 0.29) is 23.8 Å². The smallest absolute Gasteiger partial charge is 0.243 e. The largest absolute Gasteiger partial charge is 0.494 e. The molecule has 1 N–H and O–H groups in total. The number of piperazine rings is 1. The van der Waals surface area contributed by atoms with E-state index < -0.39 is 10.0 Å². The van der Waals surface area contributed by atoms with Crippen molar-refractivity contribution in [2.24, 2.45) is 0 Å². The van der Waals surface area contributed by atoms with Gasteiger partial charge in [-0.15, -0.1) is 0 Å². The van der Waals surface area contributed by atoms with Crippen LogP contribution in [-0.4, -0.2) is 93.9 Å². The molecule has 0 unspecified atom stereocenters. The molecule has 1 amide bonds. The van der Waals surface area contributed by atoms with Gasteiger partial charge in [0.05, 0.1) is 11.5 Å². The van der Waals surface area contributed by atoms with Gasteiger partial charge in [-0.05, 0) is 57.1 Å². The van der Waals surface area contributed by atoms with E-state index in [1.807, 2.05) is 11.8 Å². The average molecular weight is 439 g/mol. The van der Waals surface area contributed by atoms with Crippen LogP contribution in [-0.2, 0) is 14.8 Å². The molecule has 9 heteroatoms. The first kappa shape index (κ1) is 23.0. The van der Waals surface area contributed by atoms with Crippen LogP contribution in [0.1, 0.15) is 26.2 Å². The molecule has 3 rings (SSSR count). The van der Waals surface area contributed by atoms with Crippen LogP contribution in [0.2, 0.25) is 0 Å². The minimum atomic E-state index is -3.68. The Hall–Kier alpha value is -1.68. The predicted octanol–water partition coefficient (Wildman–Crippen LogP) is 0.994. The summed E-state index contributed by atoms with van der Waals surface area (Å²) in [7, 11) is -3.68. The Kier molecular flexibility index (Phi) is 8.50. The van der Waals surface area contributed by atoms with Gasteiger partial charge in [0.2, 0.25) is 15.9 Å². The van der Waals surface area contributed by atoms with Crippen molar-refractivity contribution in [1.82, 2.24) is 19.4 Å². The van der Waals surface area contributed by atoms with Crippen molar-refractivity contribution in [3.63, 3.8) is 0 Å². The molecule has 2 saturated heterocycles. The van der Waals surface area contributed by atoms with Crippen LogP contribution in [0, 0.1) is 0 Å². The van der Waals surface area contributed by atoms with Gasteiger partial charge in [0.15, 0.2) is 0 Å². The molecular formula is C21H34N4O4S. The zero-order valence-electron chi connectivity index (χ0n) is 17.9. The number of benzene rings is 1. The Morgan fingerprint density at radius 2 is 1.73 bits per heavy atom. The van der Waals surface area contributed by atoms with Gasteiger partial charge in [0, 0.05) is 52.2 Å². The number of rotatable bonds is 10. The molecule has 0 radical (unpaired) electrons. The van der Waals surface area contributed by atoms with Gasteiger partial charge in [-0.2, -0.15) is 4.31 Å². The quantitative estimate of drug-likeness (QED) is 0.587. The number of hydrogen-bond donors (Lipinski definition) is 1. The molecule has 168 valence electrons. The molecule has 2 fully saturated rings. The molecule has 1 aromatic rings. The second kappa shape index (κ2) is 11.1. The third-order valence-electron chi connectivity index (χ3n) is 5.68. The molecular weight excluding hydrogens is 404 g/mol. The normalized spacial score (nSPS) is 18.1. The Labute approximate surface area is 180 Å². The van der Waals surface area contributed by atoms with Gasteiger partial charge in [-0.1, -0.05) is 0 Å². The summed E-state index contributed by atoms with van der Waals surface area (Å²) >= 11 is 0. The van der Waals surface area contributed by atoms with Crippen LogP contribution >= 0.6 is 0 Å². The fraction of sp³-hybridized carbons (Fsp3) is 0.667. The van der Waals surface area contributed by atoms with Gasteiger partial charge in [-0.3, -0.25) is 4.79 Å².